The third-order valence-electron chi connectivity index (χ3n) is 4.51. The van der Waals surface area contributed by atoms with Crippen molar-refractivity contribution in [3.63, 3.8) is 0 Å². The topological polar surface area (TPSA) is 96.0 Å². The number of aromatic nitrogens is 4. The number of halogens is 3. The first kappa shape index (κ1) is 21.8. The maximum absolute atomic E-state index is 13.3. The van der Waals surface area contributed by atoms with E-state index in [2.05, 4.69) is 5.10 Å². The van der Waals surface area contributed by atoms with Gasteiger partial charge in [0.1, 0.15) is 10.3 Å². The summed E-state index contributed by atoms with van der Waals surface area (Å²) < 4.78 is 68.3. The number of benzene rings is 1. The molecule has 3 aromatic rings. The molecule has 0 unspecified atom stereocenters. The van der Waals surface area contributed by atoms with Crippen molar-refractivity contribution in [1.82, 2.24) is 18.3 Å². The van der Waals surface area contributed by atoms with Gasteiger partial charge in [0.2, 0.25) is 0 Å². The van der Waals surface area contributed by atoms with E-state index in [1.54, 1.807) is 27.7 Å². The Bertz CT molecular complexity index is 1350. The van der Waals surface area contributed by atoms with Crippen molar-refractivity contribution >= 4 is 21.1 Å². The van der Waals surface area contributed by atoms with Crippen molar-refractivity contribution in [1.29, 1.82) is 0 Å². The van der Waals surface area contributed by atoms with Gasteiger partial charge in [-0.15, -0.1) is 5.10 Å². The molecule has 0 aliphatic carbocycles. The molecule has 0 aliphatic rings. The molecule has 0 radical (unpaired) electrons. The average molecular weight is 444 g/mol. The summed E-state index contributed by atoms with van der Waals surface area (Å²) in [6, 6.07) is 2.67. The normalized spacial score (nSPS) is 13.0. The molecule has 2 aromatic heterocycles. The molecule has 0 aliphatic heterocycles. The fourth-order valence-electron chi connectivity index (χ4n) is 3.17. The Morgan fingerprint density at radius 1 is 0.967 bits per heavy atom. The highest BCUT2D eigenvalue weighted by Gasteiger charge is 2.38. The van der Waals surface area contributed by atoms with Crippen LogP contribution in [0.3, 0.4) is 0 Å². The number of rotatable bonds is 4. The molecule has 0 N–H and O–H groups in total. The van der Waals surface area contributed by atoms with Gasteiger partial charge in [-0.05, 0) is 39.8 Å². The van der Waals surface area contributed by atoms with Gasteiger partial charge < -0.3 is 0 Å². The lowest BCUT2D eigenvalue weighted by molar-refractivity contribution is -0.139. The summed E-state index contributed by atoms with van der Waals surface area (Å²) in [4.78, 5) is 24.6. The van der Waals surface area contributed by atoms with Crippen molar-refractivity contribution in [2.45, 2.75) is 50.9 Å². The molecular weight excluding hydrogens is 425 g/mol. The fraction of sp³-hybridized carbons (Fsp3) is 0.389. The smallest absolute Gasteiger partial charge is 0.273 e. The van der Waals surface area contributed by atoms with Crippen LogP contribution in [0.15, 0.2) is 44.9 Å². The lowest BCUT2D eigenvalue weighted by Crippen LogP contribution is -2.41. The van der Waals surface area contributed by atoms with Gasteiger partial charge in [-0.3, -0.25) is 13.9 Å². The van der Waals surface area contributed by atoms with Crippen LogP contribution < -0.4 is 11.2 Å². The van der Waals surface area contributed by atoms with Crippen LogP contribution in [0.4, 0.5) is 13.2 Å². The van der Waals surface area contributed by atoms with Gasteiger partial charge in [0.15, 0.2) is 5.65 Å². The van der Waals surface area contributed by atoms with Gasteiger partial charge in [-0.2, -0.15) is 25.7 Å². The molecule has 0 amide bonds. The average Bonchev–Trinajstić information content (AvgIpc) is 3.06. The Morgan fingerprint density at radius 3 is 2.07 bits per heavy atom. The van der Waals surface area contributed by atoms with Crippen LogP contribution in [0.5, 0.6) is 0 Å². The second-order valence-corrected chi connectivity index (χ2v) is 9.02. The minimum Gasteiger partial charge on any atom is -0.273 e. The first-order valence-corrected chi connectivity index (χ1v) is 10.4. The van der Waals surface area contributed by atoms with E-state index in [1.165, 1.54) is 0 Å². The van der Waals surface area contributed by atoms with E-state index in [9.17, 15) is 31.2 Å². The monoisotopic (exact) mass is 444 g/mol. The predicted octanol–water partition coefficient (Wildman–Crippen LogP) is 2.78. The number of hydrogen-bond donors (Lipinski definition) is 0. The SMILES string of the molecule is CC(C)n1c(=O)c2cn(S(=O)(=O)c3ccccc3C(F)(F)F)nc2n(C(C)C)c1=O. The fourth-order valence-corrected chi connectivity index (χ4v) is 4.51. The Labute approximate surface area is 169 Å². The van der Waals surface area contributed by atoms with Gasteiger partial charge in [0.25, 0.3) is 15.6 Å². The highest BCUT2D eigenvalue weighted by molar-refractivity contribution is 7.89. The predicted molar refractivity (Wildman–Crippen MR) is 103 cm³/mol. The van der Waals surface area contributed by atoms with E-state index >= 15 is 0 Å². The molecule has 30 heavy (non-hydrogen) atoms. The van der Waals surface area contributed by atoms with Crippen LogP contribution in [-0.4, -0.2) is 26.7 Å². The van der Waals surface area contributed by atoms with Crippen LogP contribution in [0.2, 0.25) is 0 Å². The quantitative estimate of drug-likeness (QED) is 0.617. The number of hydrogen-bond acceptors (Lipinski definition) is 5. The van der Waals surface area contributed by atoms with E-state index in [4.69, 9.17) is 0 Å². The first-order valence-electron chi connectivity index (χ1n) is 8.96. The van der Waals surface area contributed by atoms with E-state index < -0.39 is 50.0 Å². The Balaban J connectivity index is 2.40. The van der Waals surface area contributed by atoms with Crippen molar-refractivity contribution in [2.75, 3.05) is 0 Å². The third-order valence-corrected chi connectivity index (χ3v) is 6.10. The van der Waals surface area contributed by atoms with Gasteiger partial charge in [-0.25, -0.2) is 4.79 Å². The molecule has 3 rings (SSSR count). The zero-order valence-corrected chi connectivity index (χ0v) is 17.3. The lowest BCUT2D eigenvalue weighted by Gasteiger charge is -2.15. The third kappa shape index (κ3) is 3.34. The molecule has 12 heteroatoms. The number of fused-ring (bicyclic) bond motifs is 1. The van der Waals surface area contributed by atoms with Crippen LogP contribution in [0.1, 0.15) is 45.3 Å². The van der Waals surface area contributed by atoms with E-state index in [0.29, 0.717) is 10.2 Å². The van der Waals surface area contributed by atoms with Crippen LogP contribution in [0.25, 0.3) is 11.0 Å². The molecule has 8 nitrogen and oxygen atoms in total. The molecule has 0 saturated heterocycles. The molecule has 2 heterocycles. The van der Waals surface area contributed by atoms with Crippen molar-refractivity contribution < 1.29 is 21.6 Å². The highest BCUT2D eigenvalue weighted by atomic mass is 32.2. The minimum atomic E-state index is -4.92. The standard InChI is InChI=1S/C18H19F3N4O4S/c1-10(2)24-15-12(16(26)25(11(3)4)17(24)27)9-23(22-15)30(28,29)14-8-6-5-7-13(14)18(19,20)21/h5-11H,1-4H3. The molecule has 0 spiro atoms. The number of nitrogens with zero attached hydrogens (tertiary/aromatic N) is 4. The van der Waals surface area contributed by atoms with Gasteiger partial charge in [-0.1, -0.05) is 12.1 Å². The molecule has 1 aromatic carbocycles. The summed E-state index contributed by atoms with van der Waals surface area (Å²) in [5.74, 6) is 0. The first-order chi connectivity index (χ1) is 13.8. The van der Waals surface area contributed by atoms with Crippen molar-refractivity contribution in [3.8, 4) is 0 Å². The van der Waals surface area contributed by atoms with E-state index in [1.807, 2.05) is 0 Å². The molecule has 0 fully saturated rings. The van der Waals surface area contributed by atoms with E-state index in [0.717, 1.165) is 33.5 Å². The zero-order valence-electron chi connectivity index (χ0n) is 16.5. The largest absolute Gasteiger partial charge is 0.417 e. The Kier molecular flexibility index (Phi) is 5.17. The van der Waals surface area contributed by atoms with E-state index in [-0.39, 0.29) is 11.0 Å². The van der Waals surface area contributed by atoms with Gasteiger partial charge in [0, 0.05) is 12.1 Å². The minimum absolute atomic E-state index is 0.190. The summed E-state index contributed by atoms with van der Waals surface area (Å²) in [6.45, 7) is 6.50. The van der Waals surface area contributed by atoms with Gasteiger partial charge in [0.05, 0.1) is 11.8 Å². The zero-order chi connectivity index (χ0) is 22.6. The van der Waals surface area contributed by atoms with Crippen molar-refractivity contribution in [2.24, 2.45) is 0 Å². The molecular formula is C18H19F3N4O4S. The lowest BCUT2D eigenvalue weighted by atomic mass is 10.2. The Hall–Kier alpha value is -2.89. The van der Waals surface area contributed by atoms with Crippen LogP contribution in [0, 0.1) is 0 Å². The second-order valence-electron chi connectivity index (χ2n) is 7.25. The highest BCUT2D eigenvalue weighted by Crippen LogP contribution is 2.34. The molecule has 0 atom stereocenters. The summed E-state index contributed by atoms with van der Waals surface area (Å²) in [5, 5.41) is 3.65. The summed E-state index contributed by atoms with van der Waals surface area (Å²) >= 11 is 0. The molecule has 162 valence electrons. The maximum atomic E-state index is 13.3. The second kappa shape index (κ2) is 7.11. The Morgan fingerprint density at radius 2 is 1.53 bits per heavy atom. The van der Waals surface area contributed by atoms with Crippen molar-refractivity contribution in [3.05, 3.63) is 56.9 Å². The number of alkyl halides is 3. The van der Waals surface area contributed by atoms with Crippen LogP contribution >= 0.6 is 0 Å². The summed E-state index contributed by atoms with van der Waals surface area (Å²) in [7, 11) is -4.80. The van der Waals surface area contributed by atoms with Crippen LogP contribution in [-0.2, 0) is 16.2 Å². The molecule has 0 saturated carbocycles. The summed E-state index contributed by atoms with van der Waals surface area (Å²) in [5.41, 5.74) is -3.03. The molecule has 0 bridgehead atoms. The maximum Gasteiger partial charge on any atom is 0.417 e. The summed E-state index contributed by atoms with van der Waals surface area (Å²) in [6.07, 6.45) is -4.07. The van der Waals surface area contributed by atoms with Gasteiger partial charge >= 0.3 is 11.9 Å².